The molecule has 2 nitrogen and oxygen atoms in total. The van der Waals surface area contributed by atoms with Crippen molar-refractivity contribution < 1.29 is 28.2 Å². The molecule has 0 spiro atoms. The van der Waals surface area contributed by atoms with Gasteiger partial charge in [0.2, 0.25) is 0 Å². The van der Waals surface area contributed by atoms with E-state index in [1.165, 1.54) is 86.1 Å². The SMILES string of the molecule is Cc1ccc(C2=Cc3c(ccc(C)c3-c3ccccc3)C2[C]2([Zr]([Cl])[Cl])C(c3ccc(C)o3)=Cc3c2cc2c(c3-c3ccccc3)C(=[Si]3CCC3)CC2)o1. The molecule has 0 amide bonds. The average molecular weight is 826 g/mol. The zero-order chi connectivity index (χ0) is 36.0. The van der Waals surface area contributed by atoms with Crippen LogP contribution in [-0.2, 0) is 28.9 Å². The number of furan rings is 2. The standard InChI is InChI=1S/C47H39O2Si.2ClH.Zr/c1-28-15-19-34-36(43(28)31-11-6-4-7-12-31)26-38(40-20-16-29(2)48-40)46(34)47-35-25-33-18-22-42(50-23-10-24-50)45(33)44(32-13-8-5-9-14-32)37(35)27-39(47)41-21-17-30(3)49-41;;;/h4-9,11-17,19-21,25-27,46H,10,18,22-24H2,1-3H3;2*1H;/q;;;+2/p-2. The van der Waals surface area contributed by atoms with Gasteiger partial charge in [-0.05, 0) is 0 Å². The van der Waals surface area contributed by atoms with Crippen LogP contribution in [0.1, 0.15) is 80.7 Å². The average Bonchev–Trinajstić information content (AvgIpc) is 3.98. The topological polar surface area (TPSA) is 26.3 Å². The normalized spacial score (nSPS) is 19.8. The van der Waals surface area contributed by atoms with E-state index in [-0.39, 0.29) is 5.92 Å². The van der Waals surface area contributed by atoms with Crippen LogP contribution in [-0.4, -0.2) is 13.6 Å². The molecule has 1 saturated heterocycles. The van der Waals surface area contributed by atoms with Gasteiger partial charge in [-0.25, -0.2) is 0 Å². The Balaban J connectivity index is 1.33. The molecule has 6 aromatic rings. The summed E-state index contributed by atoms with van der Waals surface area (Å²) in [5.74, 6) is 3.30. The maximum atomic E-state index is 7.89. The molecule has 4 aromatic carbocycles. The Labute approximate surface area is 328 Å². The van der Waals surface area contributed by atoms with Crippen molar-refractivity contribution in [2.24, 2.45) is 0 Å². The van der Waals surface area contributed by atoms with Gasteiger partial charge in [0.05, 0.1) is 0 Å². The van der Waals surface area contributed by atoms with Gasteiger partial charge in [0, 0.05) is 0 Å². The predicted octanol–water partition coefficient (Wildman–Crippen LogP) is 13.1. The van der Waals surface area contributed by atoms with Crippen LogP contribution in [0, 0.1) is 20.8 Å². The van der Waals surface area contributed by atoms with E-state index in [9.17, 15) is 0 Å². The molecular formula is C47H39Cl2O2SiZr. The molecule has 53 heavy (non-hydrogen) atoms. The summed E-state index contributed by atoms with van der Waals surface area (Å²) < 4.78 is 12.5. The monoisotopic (exact) mass is 823 g/mol. The third-order valence-electron chi connectivity index (χ3n) is 12.2. The number of benzene rings is 4. The van der Waals surface area contributed by atoms with Crippen LogP contribution in [0.2, 0.25) is 12.1 Å². The second-order valence-corrected chi connectivity index (χ2v) is 26.8. The summed E-state index contributed by atoms with van der Waals surface area (Å²) >= 11 is -3.51. The molecule has 2 atom stereocenters. The Kier molecular flexibility index (Phi) is 8.37. The molecule has 6 heteroatoms. The Morgan fingerprint density at radius 2 is 1.34 bits per heavy atom. The number of hydrogen-bond acceptors (Lipinski definition) is 2. The van der Waals surface area contributed by atoms with E-state index in [1.54, 1.807) is 5.17 Å². The third-order valence-corrected chi connectivity index (χ3v) is 22.5. The van der Waals surface area contributed by atoms with Crippen molar-refractivity contribution in [3.05, 3.63) is 165 Å². The van der Waals surface area contributed by atoms with Crippen LogP contribution in [0.15, 0.2) is 112 Å². The van der Waals surface area contributed by atoms with Gasteiger partial charge < -0.3 is 0 Å². The van der Waals surface area contributed by atoms with Gasteiger partial charge >= 0.3 is 331 Å². The minimum atomic E-state index is -3.51. The van der Waals surface area contributed by atoms with E-state index >= 15 is 0 Å². The predicted molar refractivity (Wildman–Crippen MR) is 220 cm³/mol. The molecule has 3 aliphatic carbocycles. The molecule has 261 valence electrons. The first-order valence-corrected chi connectivity index (χ1v) is 28.2. The minimum absolute atomic E-state index is 0.182. The Bertz CT molecular complexity index is 2550. The van der Waals surface area contributed by atoms with Gasteiger partial charge in [-0.1, -0.05) is 0 Å². The molecule has 4 aliphatic rings. The summed E-state index contributed by atoms with van der Waals surface area (Å²) in [5, 5.41) is 1.75. The van der Waals surface area contributed by atoms with Crippen molar-refractivity contribution in [3.8, 4) is 22.3 Å². The van der Waals surface area contributed by atoms with Crippen molar-refractivity contribution in [3.63, 3.8) is 0 Å². The van der Waals surface area contributed by atoms with Crippen molar-refractivity contribution in [1.82, 2.24) is 0 Å². The molecule has 0 radical (unpaired) electrons. The number of aryl methyl sites for hydroxylation is 4. The Hall–Kier alpha value is -3.53. The van der Waals surface area contributed by atoms with E-state index in [2.05, 4.69) is 122 Å². The Morgan fingerprint density at radius 3 is 1.94 bits per heavy atom. The first-order chi connectivity index (χ1) is 25.8. The Morgan fingerprint density at radius 1 is 0.679 bits per heavy atom. The summed E-state index contributed by atoms with van der Waals surface area (Å²) in [7, 11) is 15.3. The zero-order valence-corrected chi connectivity index (χ0v) is 35.1. The van der Waals surface area contributed by atoms with E-state index < -0.39 is 30.9 Å². The molecule has 0 N–H and O–H groups in total. The fourth-order valence-electron chi connectivity index (χ4n) is 9.76. The van der Waals surface area contributed by atoms with Crippen LogP contribution in [0.5, 0.6) is 0 Å². The second-order valence-electron chi connectivity index (χ2n) is 15.2. The number of allylic oxidation sites excluding steroid dienone is 2. The van der Waals surface area contributed by atoms with E-state index in [0.29, 0.717) is 0 Å². The molecule has 0 bridgehead atoms. The summed E-state index contributed by atoms with van der Waals surface area (Å²) in [5.41, 5.74) is 16.5. The number of rotatable bonds is 6. The summed E-state index contributed by atoms with van der Waals surface area (Å²) in [6.07, 6.45) is 8.43. The molecule has 10 rings (SSSR count). The second kappa shape index (κ2) is 13.1. The fourth-order valence-corrected chi connectivity index (χ4v) is 19.2. The first kappa shape index (κ1) is 34.0. The van der Waals surface area contributed by atoms with Gasteiger partial charge in [0.1, 0.15) is 0 Å². The number of halogens is 2. The van der Waals surface area contributed by atoms with Crippen molar-refractivity contribution >= 4 is 53.9 Å². The van der Waals surface area contributed by atoms with Crippen molar-refractivity contribution in [2.75, 3.05) is 0 Å². The third kappa shape index (κ3) is 5.16. The molecule has 1 fully saturated rings. The van der Waals surface area contributed by atoms with Crippen molar-refractivity contribution in [1.29, 1.82) is 0 Å². The molecule has 2 unspecified atom stereocenters. The van der Waals surface area contributed by atoms with E-state index in [0.717, 1.165) is 40.6 Å². The van der Waals surface area contributed by atoms with Gasteiger partial charge in [-0.2, -0.15) is 0 Å². The number of hydrogen-bond donors (Lipinski definition) is 0. The van der Waals surface area contributed by atoms with Gasteiger partial charge in [-0.3, -0.25) is 0 Å². The molecular weight excluding hydrogens is 787 g/mol. The zero-order valence-electron chi connectivity index (χ0n) is 30.2. The summed E-state index contributed by atoms with van der Waals surface area (Å²) in [6.45, 7) is 6.27. The molecule has 1 aliphatic heterocycles. The van der Waals surface area contributed by atoms with Crippen LogP contribution in [0.3, 0.4) is 0 Å². The van der Waals surface area contributed by atoms with Crippen molar-refractivity contribution in [2.45, 2.75) is 61.2 Å². The van der Waals surface area contributed by atoms with Crippen LogP contribution < -0.4 is 0 Å². The summed E-state index contributed by atoms with van der Waals surface area (Å²) in [4.78, 5) is 0. The van der Waals surface area contributed by atoms with Crippen LogP contribution >= 0.6 is 17.0 Å². The van der Waals surface area contributed by atoms with Gasteiger partial charge in [0.25, 0.3) is 0 Å². The molecule has 3 heterocycles. The first-order valence-electron chi connectivity index (χ1n) is 18.8. The fraction of sp³-hybridized carbons (Fsp3) is 0.213. The van der Waals surface area contributed by atoms with E-state index in [4.69, 9.17) is 25.9 Å². The van der Waals surface area contributed by atoms with Gasteiger partial charge in [-0.15, -0.1) is 0 Å². The van der Waals surface area contributed by atoms with E-state index in [1.807, 2.05) is 13.8 Å². The van der Waals surface area contributed by atoms with Crippen LogP contribution in [0.25, 0.3) is 45.6 Å². The van der Waals surface area contributed by atoms with Crippen LogP contribution in [0.4, 0.5) is 0 Å². The molecule has 0 saturated carbocycles. The number of fused-ring (bicyclic) bond motifs is 3. The summed E-state index contributed by atoms with van der Waals surface area (Å²) in [6, 6.07) is 40.2. The quantitative estimate of drug-likeness (QED) is 0.156. The van der Waals surface area contributed by atoms with Gasteiger partial charge in [0.15, 0.2) is 0 Å². The maximum absolute atomic E-state index is 7.89. The molecule has 2 aromatic heterocycles.